The van der Waals surface area contributed by atoms with Gasteiger partial charge >= 0.3 is 43.4 Å². The van der Waals surface area contributed by atoms with E-state index in [0.29, 0.717) is 0 Å². The molecule has 27 valence electrons. The van der Waals surface area contributed by atoms with Crippen molar-refractivity contribution in [2.45, 2.75) is 17.0 Å². The fourth-order valence-electron chi connectivity index (χ4n) is 0.510. The first-order valence-corrected chi connectivity index (χ1v) is 5.21. The van der Waals surface area contributed by atoms with Gasteiger partial charge in [-0.25, -0.2) is 0 Å². The predicted octanol–water partition coefficient (Wildman–Crippen LogP) is 1.08. The summed E-state index contributed by atoms with van der Waals surface area (Å²) in [7, 11) is 0. The minimum atomic E-state index is 0.204. The van der Waals surface area contributed by atoms with Crippen LogP contribution in [0.3, 0.4) is 0 Å². The van der Waals surface area contributed by atoms with Gasteiger partial charge < -0.3 is 0 Å². The maximum absolute atomic E-state index is 2.53. The molecule has 0 radical (unpaired) electrons. The minimum absolute atomic E-state index is 0.204. The van der Waals surface area contributed by atoms with Crippen LogP contribution in [0.2, 0.25) is 4.13 Å². The Morgan fingerprint density at radius 2 is 2.60 bits per heavy atom. The van der Waals surface area contributed by atoms with E-state index >= 15 is 0 Å². The second-order valence-corrected chi connectivity index (χ2v) is 4.54. The molecule has 1 heteroatoms. The van der Waals surface area contributed by atoms with Crippen molar-refractivity contribution in [2.24, 2.45) is 0 Å². The summed E-state index contributed by atoms with van der Waals surface area (Å²) >= 11 is 0.204. The fourth-order valence-corrected chi connectivity index (χ4v) is 3.02. The van der Waals surface area contributed by atoms with Crippen molar-refractivity contribution in [3.63, 3.8) is 0 Å². The second kappa shape index (κ2) is 2.02. The molecule has 1 aliphatic heterocycles. The van der Waals surface area contributed by atoms with Crippen molar-refractivity contribution in [3.05, 3.63) is 0 Å². The molecule has 0 fully saturated rings. The van der Waals surface area contributed by atoms with Gasteiger partial charge in [0, 0.05) is 0 Å². The summed E-state index contributed by atoms with van der Waals surface area (Å²) in [6.07, 6.45) is 2.97. The van der Waals surface area contributed by atoms with Crippen LogP contribution in [0.25, 0.3) is 0 Å². The van der Waals surface area contributed by atoms with E-state index < -0.39 is 0 Å². The van der Waals surface area contributed by atoms with Gasteiger partial charge in [0.15, 0.2) is 0 Å². The summed E-state index contributed by atoms with van der Waals surface area (Å²) in [5.41, 5.74) is 0. The Morgan fingerprint density at radius 3 is 2.80 bits per heavy atom. The molecule has 0 nitrogen and oxygen atoms in total. The van der Waals surface area contributed by atoms with Gasteiger partial charge in [0.1, 0.15) is 0 Å². The van der Waals surface area contributed by atoms with Crippen LogP contribution in [0.1, 0.15) is 12.8 Å². The summed E-state index contributed by atoms with van der Waals surface area (Å²) in [6.45, 7) is 0. The average Bonchev–Trinajstić information content (AvgIpc) is 1.76. The third-order valence-corrected chi connectivity index (χ3v) is 3.81. The van der Waals surface area contributed by atoms with Gasteiger partial charge in [-0.2, -0.15) is 0 Å². The molecule has 0 saturated heterocycles. The van der Waals surface area contributed by atoms with Crippen LogP contribution in [-0.4, -0.2) is 3.71 Å². The van der Waals surface area contributed by atoms with Crippen molar-refractivity contribution in [1.82, 2.24) is 0 Å². The summed E-state index contributed by atoms with van der Waals surface area (Å²) in [4.78, 5) is 0. The van der Waals surface area contributed by atoms with Gasteiger partial charge in [-0.15, -0.1) is 0 Å². The molecule has 0 saturated carbocycles. The summed E-state index contributed by atoms with van der Waals surface area (Å²) < 4.78 is 4.15. The first-order chi connectivity index (χ1) is 2.50. The van der Waals surface area contributed by atoms with Crippen LogP contribution in [-0.2, 0) is 22.8 Å². The van der Waals surface area contributed by atoms with Gasteiger partial charge in [-0.05, 0) is 0 Å². The van der Waals surface area contributed by atoms with Crippen molar-refractivity contribution in [1.29, 1.82) is 0 Å². The zero-order valence-corrected chi connectivity index (χ0v) is 5.66. The van der Waals surface area contributed by atoms with E-state index in [1.165, 1.54) is 12.8 Å². The Labute approximate surface area is 43.6 Å². The van der Waals surface area contributed by atoms with Crippen molar-refractivity contribution < 1.29 is 22.8 Å². The Balaban J connectivity index is 2.32. The van der Waals surface area contributed by atoms with Gasteiger partial charge in [-0.3, -0.25) is 0 Å². The van der Waals surface area contributed by atoms with E-state index in [-0.39, 0.29) is 22.8 Å². The Bertz CT molecular complexity index is 41.6. The number of hydrogen-bond acceptors (Lipinski definition) is 0. The molecule has 0 aromatic carbocycles. The van der Waals surface area contributed by atoms with Gasteiger partial charge in [0.2, 0.25) is 0 Å². The number of hydrogen-bond donors (Lipinski definition) is 0. The third kappa shape index (κ3) is 1.09. The van der Waals surface area contributed by atoms with E-state index in [1.807, 2.05) is 0 Å². The summed E-state index contributed by atoms with van der Waals surface area (Å²) in [5.74, 6) is 0. The Morgan fingerprint density at radius 1 is 1.60 bits per heavy atom. The van der Waals surface area contributed by atoms with Crippen LogP contribution in [0.4, 0.5) is 0 Å². The van der Waals surface area contributed by atoms with Crippen LogP contribution in [0, 0.1) is 0 Å². The molecule has 0 bridgehead atoms. The van der Waals surface area contributed by atoms with Crippen LogP contribution in [0.5, 0.6) is 0 Å². The van der Waals surface area contributed by atoms with E-state index in [9.17, 15) is 0 Å². The quantitative estimate of drug-likeness (QED) is 0.480. The molecule has 1 heterocycles. The molecular weight excluding hydrogens is 139 g/mol. The zero-order valence-electron chi connectivity index (χ0n) is 3.20. The van der Waals surface area contributed by atoms with Gasteiger partial charge in [0.25, 0.3) is 0 Å². The van der Waals surface area contributed by atoms with Crippen molar-refractivity contribution in [3.8, 4) is 0 Å². The van der Waals surface area contributed by atoms with Crippen LogP contribution in [0.15, 0.2) is 0 Å². The van der Waals surface area contributed by atoms with Crippen LogP contribution < -0.4 is 0 Å². The predicted molar refractivity (Wildman–Crippen MR) is 20.1 cm³/mol. The van der Waals surface area contributed by atoms with E-state index in [1.54, 1.807) is 4.13 Å². The Hall–Kier alpha value is 0.753. The average molecular weight is 146 g/mol. The first-order valence-electron chi connectivity index (χ1n) is 2.05. The molecule has 5 heavy (non-hydrogen) atoms. The molecular formula is C4H7Zr. The van der Waals surface area contributed by atoms with E-state index in [4.69, 9.17) is 0 Å². The molecule has 1 rings (SSSR count). The molecule has 0 aromatic rings. The topological polar surface area (TPSA) is 0 Å². The van der Waals surface area contributed by atoms with E-state index in [0.717, 1.165) is 0 Å². The SMILES string of the molecule is [CH]1=[Zr][CH2]CC1. The van der Waals surface area contributed by atoms with Crippen molar-refractivity contribution in [2.75, 3.05) is 0 Å². The maximum atomic E-state index is 2.53. The molecule has 0 unspecified atom stereocenters. The molecule has 0 atom stereocenters. The second-order valence-electron chi connectivity index (χ2n) is 1.30. The number of rotatable bonds is 0. The van der Waals surface area contributed by atoms with Crippen LogP contribution >= 0.6 is 0 Å². The molecule has 1 aliphatic rings. The molecule has 0 spiro atoms. The summed E-state index contributed by atoms with van der Waals surface area (Å²) in [5, 5.41) is 0. The van der Waals surface area contributed by atoms with Gasteiger partial charge in [-0.1, -0.05) is 0 Å². The molecule has 0 amide bonds. The van der Waals surface area contributed by atoms with Gasteiger partial charge in [0.05, 0.1) is 0 Å². The molecule has 0 N–H and O–H groups in total. The molecule has 0 aliphatic carbocycles. The van der Waals surface area contributed by atoms with E-state index in [2.05, 4.69) is 3.71 Å². The third-order valence-electron chi connectivity index (χ3n) is 0.814. The fraction of sp³-hybridized carbons (Fsp3) is 0.750. The summed E-state index contributed by atoms with van der Waals surface area (Å²) in [6, 6.07) is 0. The first kappa shape index (κ1) is 3.93. The van der Waals surface area contributed by atoms with Crippen molar-refractivity contribution >= 4 is 3.71 Å². The monoisotopic (exact) mass is 145 g/mol. The normalized spacial score (nSPS) is 19.2. The Kier molecular flexibility index (Phi) is 1.59. The molecule has 0 aromatic heterocycles. The zero-order chi connectivity index (χ0) is 3.54. The standard InChI is InChI=1S/C4H7.Zr/c1-3-4-2;/h1H,2-4H2;.